The fourth-order valence-electron chi connectivity index (χ4n) is 7.36. The first-order valence-electron chi connectivity index (χ1n) is 21.2. The number of halogens is 4. The van der Waals surface area contributed by atoms with Crippen LogP contribution in [0, 0.1) is 39.3 Å². The molecule has 7 heterocycles. The molecule has 1 saturated carbocycles. The molecule has 10 rings (SSSR count). The molecule has 338 valence electrons. The third-order valence-corrected chi connectivity index (χ3v) is 12.0. The Balaban J connectivity index is 0.000000168. The number of nitrogens with one attached hydrogen (secondary N) is 2. The Hall–Kier alpha value is -7.50. The Morgan fingerprint density at radius 2 is 1.12 bits per heavy atom. The molecule has 0 unspecified atom stereocenters. The van der Waals surface area contributed by atoms with E-state index in [0.717, 1.165) is 67.1 Å². The van der Waals surface area contributed by atoms with Crippen molar-refractivity contribution in [1.29, 1.82) is 0 Å². The molecule has 6 aromatic heterocycles. The minimum Gasteiger partial charge on any atom is -0.356 e. The summed E-state index contributed by atoms with van der Waals surface area (Å²) in [6, 6.07) is 18.4. The van der Waals surface area contributed by atoms with Gasteiger partial charge in [0, 0.05) is 76.0 Å². The lowest BCUT2D eigenvalue weighted by Crippen LogP contribution is -2.37. The van der Waals surface area contributed by atoms with E-state index in [1.165, 1.54) is 33.6 Å². The molecule has 0 spiro atoms. The zero-order chi connectivity index (χ0) is 47.3. The Kier molecular flexibility index (Phi) is 12.0. The lowest BCUT2D eigenvalue weighted by molar-refractivity contribution is 0.101. The highest BCUT2D eigenvalue weighted by Crippen LogP contribution is 2.39. The number of anilines is 3. The number of aromatic nitrogens is 8. The molecule has 67 heavy (non-hydrogen) atoms. The van der Waals surface area contributed by atoms with Crippen LogP contribution >= 0.6 is 23.2 Å². The number of hydrogen-bond acceptors (Lipinski definition) is 11. The number of carbonyl (C=O) groups is 2. The van der Waals surface area contributed by atoms with Gasteiger partial charge in [0.25, 0.3) is 11.8 Å². The number of nitrogens with zero attached hydrogens (tertiary/aromatic N) is 9. The number of fused-ring (bicyclic) bond motifs is 2. The lowest BCUT2D eigenvalue weighted by atomic mass is 10.1. The first-order chi connectivity index (χ1) is 32.1. The standard InChI is InChI=1S/C24H20ClFN6O2.C24H19ClFN5O2/c1-13-10-19-21(28-14(13)2)23(33)22(30-32(19)18-5-4-15(25)11-17(18)26)24(34)29-16-6-7-27-20(12-16)31-8-3-9-31;1-12-9-20-21(28-13(12)2)23(32)22(30-31(20)19-6-5-15(25)10-17(19)26)24(33)29-16-7-8-27-18(11-16)14-3-4-14/h4-7,10-12H,3,8-9H2,1-2H3,(H,27,29,34);5-11,14H,3-4H2,1-2H3,(H,27,29,33). The molecule has 2 amide bonds. The topological polar surface area (TPSA) is 183 Å². The number of rotatable bonds is 8. The molecule has 1 aliphatic heterocycles. The minimum absolute atomic E-state index is 0.0218. The van der Waals surface area contributed by atoms with Gasteiger partial charge in [-0.3, -0.25) is 24.2 Å². The SMILES string of the molecule is Cc1cc2c(nc1C)c(=O)c(C(=O)Nc1ccnc(C3CC3)c1)nn2-c1ccc(Cl)cc1F.Cc1cc2c(nc1C)c(=O)c(C(=O)Nc1ccnc(N3CCC3)c1)nn2-c1ccc(Cl)cc1F. The van der Waals surface area contributed by atoms with Crippen molar-refractivity contribution in [3.63, 3.8) is 0 Å². The fourth-order valence-corrected chi connectivity index (χ4v) is 7.67. The summed E-state index contributed by atoms with van der Waals surface area (Å²) >= 11 is 11.8. The van der Waals surface area contributed by atoms with Crippen LogP contribution in [0.5, 0.6) is 0 Å². The van der Waals surface area contributed by atoms with Gasteiger partial charge in [-0.15, -0.1) is 0 Å². The summed E-state index contributed by atoms with van der Waals surface area (Å²) in [7, 11) is 0. The number of benzene rings is 2. The summed E-state index contributed by atoms with van der Waals surface area (Å²) in [6.45, 7) is 8.98. The highest BCUT2D eigenvalue weighted by atomic mass is 35.5. The zero-order valence-electron chi connectivity index (χ0n) is 36.4. The van der Waals surface area contributed by atoms with Gasteiger partial charge in [0.15, 0.2) is 11.4 Å². The number of carbonyl (C=O) groups excluding carboxylic acids is 2. The number of pyridine rings is 4. The van der Waals surface area contributed by atoms with E-state index in [0.29, 0.717) is 34.2 Å². The van der Waals surface area contributed by atoms with Crippen LogP contribution in [0.1, 0.15) is 74.4 Å². The van der Waals surface area contributed by atoms with E-state index in [4.69, 9.17) is 23.2 Å². The summed E-state index contributed by atoms with van der Waals surface area (Å²) < 4.78 is 32.1. The van der Waals surface area contributed by atoms with Gasteiger partial charge in [-0.25, -0.2) is 33.1 Å². The summed E-state index contributed by atoms with van der Waals surface area (Å²) in [5.41, 5.74) is 3.37. The van der Waals surface area contributed by atoms with E-state index in [1.54, 1.807) is 62.6 Å². The molecule has 1 saturated heterocycles. The van der Waals surface area contributed by atoms with Crippen LogP contribution in [0.3, 0.4) is 0 Å². The molecule has 0 radical (unpaired) electrons. The largest absolute Gasteiger partial charge is 0.356 e. The summed E-state index contributed by atoms with van der Waals surface area (Å²) in [6.07, 6.45) is 6.43. The van der Waals surface area contributed by atoms with Crippen LogP contribution < -0.4 is 26.4 Å². The normalized spacial score (nSPS) is 13.2. The third kappa shape index (κ3) is 9.07. The third-order valence-electron chi connectivity index (χ3n) is 11.5. The molecule has 2 N–H and O–H groups in total. The van der Waals surface area contributed by atoms with E-state index in [9.17, 15) is 28.0 Å². The van der Waals surface area contributed by atoms with Gasteiger partial charge < -0.3 is 15.5 Å². The van der Waals surface area contributed by atoms with Crippen LogP contribution in [0.25, 0.3) is 33.4 Å². The average molecular weight is 943 g/mol. The second-order valence-corrected chi connectivity index (χ2v) is 17.2. The van der Waals surface area contributed by atoms with E-state index in [1.807, 2.05) is 13.8 Å². The molecular formula is C48H39Cl2F2N11O4. The van der Waals surface area contributed by atoms with Gasteiger partial charge in [-0.1, -0.05) is 23.2 Å². The zero-order valence-corrected chi connectivity index (χ0v) is 37.9. The van der Waals surface area contributed by atoms with Gasteiger partial charge in [-0.05, 0) is 125 Å². The van der Waals surface area contributed by atoms with Crippen LogP contribution in [-0.4, -0.2) is 64.4 Å². The molecule has 2 aliphatic rings. The first-order valence-corrected chi connectivity index (χ1v) is 21.9. The minimum atomic E-state index is -0.726. The summed E-state index contributed by atoms with van der Waals surface area (Å²) in [5, 5.41) is 14.4. The van der Waals surface area contributed by atoms with Crippen LogP contribution in [0.4, 0.5) is 26.0 Å². The maximum absolute atomic E-state index is 14.8. The van der Waals surface area contributed by atoms with Gasteiger partial charge in [0.05, 0.1) is 11.0 Å². The van der Waals surface area contributed by atoms with Crippen LogP contribution in [0.2, 0.25) is 10.0 Å². The Morgan fingerprint density at radius 1 is 0.642 bits per heavy atom. The molecule has 15 nitrogen and oxygen atoms in total. The second kappa shape index (κ2) is 18.1. The molecule has 2 fully saturated rings. The van der Waals surface area contributed by atoms with Crippen molar-refractivity contribution < 1.29 is 18.4 Å². The number of amides is 2. The molecule has 2 aromatic carbocycles. The second-order valence-electron chi connectivity index (χ2n) is 16.3. The highest BCUT2D eigenvalue weighted by molar-refractivity contribution is 6.31. The van der Waals surface area contributed by atoms with Gasteiger partial charge >= 0.3 is 0 Å². The smallest absolute Gasteiger partial charge is 0.280 e. The van der Waals surface area contributed by atoms with E-state index in [-0.39, 0.29) is 38.0 Å². The maximum Gasteiger partial charge on any atom is 0.280 e. The molecule has 1 aliphatic carbocycles. The van der Waals surface area contributed by atoms with Crippen LogP contribution in [-0.2, 0) is 0 Å². The van der Waals surface area contributed by atoms with Gasteiger partial charge in [0.1, 0.15) is 39.9 Å². The molecule has 0 atom stereocenters. The average Bonchev–Trinajstić information content (AvgIpc) is 4.12. The number of hydrogen-bond donors (Lipinski definition) is 2. The van der Waals surface area contributed by atoms with Crippen molar-refractivity contribution in [2.75, 3.05) is 28.6 Å². The van der Waals surface area contributed by atoms with E-state index < -0.39 is 45.7 Å². The molecule has 8 aromatic rings. The van der Waals surface area contributed by atoms with E-state index in [2.05, 4.69) is 45.7 Å². The van der Waals surface area contributed by atoms with E-state index >= 15 is 0 Å². The molecule has 0 bridgehead atoms. The lowest BCUT2D eigenvalue weighted by Gasteiger charge is -2.32. The summed E-state index contributed by atoms with van der Waals surface area (Å²) in [5.74, 6) is -1.59. The quantitative estimate of drug-likeness (QED) is 0.149. The Bertz CT molecular complexity index is 3470. The molecular weight excluding hydrogens is 904 g/mol. The van der Waals surface area contributed by atoms with Crippen molar-refractivity contribution in [3.05, 3.63) is 167 Å². The van der Waals surface area contributed by atoms with Gasteiger partial charge in [-0.2, -0.15) is 10.2 Å². The Labute approximate surface area is 390 Å². The molecule has 19 heteroatoms. The fraction of sp³-hybridized carbons (Fsp3) is 0.208. The van der Waals surface area contributed by atoms with Crippen LogP contribution in [0.15, 0.2) is 94.8 Å². The van der Waals surface area contributed by atoms with Crippen molar-refractivity contribution >= 4 is 74.3 Å². The monoisotopic (exact) mass is 941 g/mol. The first kappa shape index (κ1) is 44.7. The van der Waals surface area contributed by atoms with Crippen molar-refractivity contribution in [3.8, 4) is 11.4 Å². The summed E-state index contributed by atoms with van der Waals surface area (Å²) in [4.78, 5) is 72.2. The van der Waals surface area contributed by atoms with Crippen molar-refractivity contribution in [1.82, 2.24) is 39.5 Å². The maximum atomic E-state index is 14.8. The number of aryl methyl sites for hydroxylation is 4. The van der Waals surface area contributed by atoms with Crippen molar-refractivity contribution in [2.24, 2.45) is 0 Å². The van der Waals surface area contributed by atoms with Gasteiger partial charge in [0.2, 0.25) is 10.9 Å². The predicted octanol–water partition coefficient (Wildman–Crippen LogP) is 8.76. The van der Waals surface area contributed by atoms with Crippen molar-refractivity contribution in [2.45, 2.75) is 52.9 Å². The highest BCUT2D eigenvalue weighted by Gasteiger charge is 2.27. The Morgan fingerprint density at radius 3 is 1.57 bits per heavy atom. The predicted molar refractivity (Wildman–Crippen MR) is 252 cm³/mol.